The van der Waals surface area contributed by atoms with Crippen molar-refractivity contribution in [1.29, 1.82) is 0 Å². The van der Waals surface area contributed by atoms with Crippen LogP contribution in [-0.2, 0) is 83.4 Å². The second kappa shape index (κ2) is 27.0. The first-order chi connectivity index (χ1) is 47.1. The van der Waals surface area contributed by atoms with Crippen molar-refractivity contribution < 1.29 is 95.1 Å². The third kappa shape index (κ3) is 15.3. The molecule has 100 heavy (non-hydrogen) atoms. The van der Waals surface area contributed by atoms with Gasteiger partial charge in [-0.05, 0) is 95.1 Å². The summed E-state index contributed by atoms with van der Waals surface area (Å²) < 4.78 is 74.8. The monoisotopic (exact) mass is 1510 g/mol. The van der Waals surface area contributed by atoms with Crippen LogP contribution in [0.4, 0.5) is 0 Å². The minimum atomic E-state index is -3.42. The van der Waals surface area contributed by atoms with Crippen molar-refractivity contribution >= 4 is 74.1 Å². The third-order valence-electron chi connectivity index (χ3n) is 17.7. The zero-order valence-corrected chi connectivity index (χ0v) is 62.6. The molecule has 4 fully saturated rings. The summed E-state index contributed by atoms with van der Waals surface area (Å²) in [5, 5.41) is 102. The summed E-state index contributed by atoms with van der Waals surface area (Å²) >= 11 is 23.7. The summed E-state index contributed by atoms with van der Waals surface area (Å²) in [7, 11) is 0. The average Bonchev–Trinajstić information content (AvgIpc) is 0.739. The van der Waals surface area contributed by atoms with Gasteiger partial charge < -0.3 is 58.9 Å². The van der Waals surface area contributed by atoms with E-state index >= 15 is 0 Å². The van der Waals surface area contributed by atoms with Crippen LogP contribution in [0.25, 0.3) is 0 Å². The van der Waals surface area contributed by atoms with Crippen molar-refractivity contribution in [1.82, 2.24) is 0 Å². The van der Waals surface area contributed by atoms with E-state index in [-0.39, 0.29) is 142 Å². The summed E-state index contributed by atoms with van der Waals surface area (Å²) in [6.07, 6.45) is 0. The fraction of sp³-hybridized carbons (Fsp3) is 0.333. The molecular weight excluding hydrogens is 1440 g/mol. The van der Waals surface area contributed by atoms with Gasteiger partial charge in [0.15, 0.2) is 0 Å². The molecule has 4 heterocycles. The topological polar surface area (TPSA) is 273 Å². The van der Waals surface area contributed by atoms with Crippen LogP contribution in [-0.4, -0.2) is 93.7 Å². The maximum Gasteiger partial charge on any atom is 0.380 e. The molecule has 8 N–H and O–H groups in total. The molecule has 0 saturated carbocycles. The van der Waals surface area contributed by atoms with Crippen LogP contribution in [0.2, 0.25) is 0 Å². The second-order valence-electron chi connectivity index (χ2n) is 28.9. The van der Waals surface area contributed by atoms with E-state index in [0.717, 1.165) is 24.3 Å². The van der Waals surface area contributed by atoms with Crippen LogP contribution in [0, 0.1) is 21.7 Å². The average molecular weight is 1510 g/mol. The zero-order valence-electron chi connectivity index (χ0n) is 55.7. The molecule has 1 aliphatic carbocycles. The molecule has 0 spiro atoms. The van der Waals surface area contributed by atoms with Gasteiger partial charge in [0.2, 0.25) is 0 Å². The lowest BCUT2D eigenvalue weighted by molar-refractivity contribution is 0.0405. The smallest absolute Gasteiger partial charge is 0.380 e. The Hall–Kier alpha value is -6.36. The normalized spacial score (nSPS) is 22.9. The Morgan fingerprint density at radius 3 is 0.590 bits per heavy atom. The van der Waals surface area contributed by atoms with Gasteiger partial charge in [-0.25, -0.2) is 0 Å². The van der Waals surface area contributed by atoms with Crippen LogP contribution in [0.15, 0.2) is 146 Å². The lowest BCUT2D eigenvalue weighted by Gasteiger charge is -2.35. The van der Waals surface area contributed by atoms with Crippen LogP contribution in [0.5, 0.6) is 69.0 Å². The lowest BCUT2D eigenvalue weighted by atomic mass is 9.75. The van der Waals surface area contributed by atoms with E-state index < -0.39 is 96.5 Å². The molecule has 20 nitrogen and oxygen atoms in total. The highest BCUT2D eigenvalue weighted by atomic mass is 32.5. The Morgan fingerprint density at radius 2 is 0.430 bits per heavy atom. The fourth-order valence-electron chi connectivity index (χ4n) is 12.5. The molecule has 8 aromatic carbocycles. The predicted molar refractivity (Wildman–Crippen MR) is 391 cm³/mol. The van der Waals surface area contributed by atoms with Gasteiger partial charge >= 0.3 is 26.9 Å². The molecule has 28 heteroatoms. The Morgan fingerprint density at radius 1 is 0.270 bits per heavy atom. The highest BCUT2D eigenvalue weighted by molar-refractivity contribution is 8.08. The molecule has 4 aliphatic heterocycles. The number of hydrogen-bond acceptors (Lipinski definition) is 24. The van der Waals surface area contributed by atoms with E-state index in [4.69, 9.17) is 102 Å². The van der Waals surface area contributed by atoms with Crippen molar-refractivity contribution in [2.75, 3.05) is 52.9 Å². The van der Waals surface area contributed by atoms with Gasteiger partial charge in [0.25, 0.3) is 0 Å². The first kappa shape index (κ1) is 72.0. The zero-order chi connectivity index (χ0) is 71.3. The number of aromatic hydroxyl groups is 8. The standard InChI is InChI=1S/C72H76O20P4S4/c1-69(2)33-81-93(97,82-34-69)89-45-17-9-13-41(21-45)65-49-25-51(59(75)29-57(49)73)66(42-14-10-18-46(22-42)90-94(98)83-35-70(3,4)36-84-94)53-27-55(63(79)31-61(53)77)68(44-16-12-20-48(24-44)92-96(100)87-39-72(7,8)40-88-96)56-28-54(62(78)32-64(56)80)67(52-26-50(65)58(74)30-60(52)76)43-15-11-19-47(23-43)91-95(99)85-37-71(5,6)38-86-95/h9-32,65-68,73-80H,33-40H2,1-8H3. The van der Waals surface area contributed by atoms with Crippen molar-refractivity contribution in [3.8, 4) is 69.0 Å². The van der Waals surface area contributed by atoms with Crippen LogP contribution in [0.3, 0.4) is 0 Å². The highest BCUT2D eigenvalue weighted by Crippen LogP contribution is 2.61. The molecule has 0 amide bonds. The minimum Gasteiger partial charge on any atom is -0.507 e. The summed E-state index contributed by atoms with van der Waals surface area (Å²) in [6.45, 7) is 4.09. The van der Waals surface area contributed by atoms with Crippen LogP contribution >= 0.6 is 26.9 Å². The Bertz CT molecular complexity index is 4010. The number of hydrogen-bond donors (Lipinski definition) is 8. The molecule has 13 rings (SSSR count). The molecule has 0 radical (unpaired) electrons. The molecular formula is C72H76O20P4S4. The number of benzene rings is 8. The van der Waals surface area contributed by atoms with E-state index in [0.29, 0.717) is 22.3 Å². The summed E-state index contributed by atoms with van der Waals surface area (Å²) in [5.41, 5.74) is 0.433. The van der Waals surface area contributed by atoms with Crippen LogP contribution < -0.4 is 18.1 Å². The SMILES string of the molecule is CC1(C)COP(=S)(Oc2cccc(C3c4cc(c(O)cc4O)C(c4cccc(OP5(=S)OCC(C)(C)CO5)c4)c4cc(c(O)cc4O)C(c4cccc(OP5(=S)OCC(C)(C)CO5)c4)c4cc(c(O)cc4O)C(c4cccc(OP5(=S)OCC(C)(C)CO5)c4)c4cc3c(O)cc4O)c2)OC1. The molecule has 5 aliphatic rings. The van der Waals surface area contributed by atoms with Gasteiger partial charge in [0.1, 0.15) is 69.0 Å². The quantitative estimate of drug-likeness (QED) is 0.0528. The predicted octanol–water partition coefficient (Wildman–Crippen LogP) is 17.1. The van der Waals surface area contributed by atoms with E-state index in [1.807, 2.05) is 55.4 Å². The largest absolute Gasteiger partial charge is 0.507 e. The van der Waals surface area contributed by atoms with Crippen molar-refractivity contribution in [2.45, 2.75) is 79.1 Å². The molecule has 528 valence electrons. The van der Waals surface area contributed by atoms with E-state index in [2.05, 4.69) is 0 Å². The van der Waals surface area contributed by atoms with Gasteiger partial charge in [-0.15, -0.1) is 0 Å². The van der Waals surface area contributed by atoms with Gasteiger partial charge in [-0.1, -0.05) is 104 Å². The van der Waals surface area contributed by atoms with Crippen molar-refractivity contribution in [3.63, 3.8) is 0 Å². The van der Waals surface area contributed by atoms with Crippen molar-refractivity contribution in [2.24, 2.45) is 21.7 Å². The maximum absolute atomic E-state index is 12.7. The minimum absolute atomic E-state index is 0.0559. The molecule has 8 aromatic rings. The summed E-state index contributed by atoms with van der Waals surface area (Å²) in [4.78, 5) is 0. The van der Waals surface area contributed by atoms with E-state index in [9.17, 15) is 40.9 Å². The first-order valence-electron chi connectivity index (χ1n) is 32.0. The highest BCUT2D eigenvalue weighted by Gasteiger charge is 2.42. The molecule has 0 unspecified atom stereocenters. The number of phenolic OH excluding ortho intramolecular Hbond substituents is 8. The van der Waals surface area contributed by atoms with Crippen molar-refractivity contribution in [3.05, 3.63) is 212 Å². The number of phenols is 8. The van der Waals surface area contributed by atoms with E-state index in [1.54, 1.807) is 97.1 Å². The Kier molecular flexibility index (Phi) is 19.5. The number of rotatable bonds is 12. The van der Waals surface area contributed by atoms with Gasteiger partial charge in [-0.2, -0.15) is 0 Å². The summed E-state index contributed by atoms with van der Waals surface area (Å²) in [6, 6.07) is 37.5. The molecule has 8 bridgehead atoms. The Labute approximate surface area is 600 Å². The molecule has 4 saturated heterocycles. The fourth-order valence-corrected chi connectivity index (χ4v) is 21.0. The van der Waals surface area contributed by atoms with Gasteiger partial charge in [-0.3, -0.25) is 36.2 Å². The summed E-state index contributed by atoms with van der Waals surface area (Å²) in [5.74, 6) is -8.19. The van der Waals surface area contributed by atoms with Gasteiger partial charge in [0, 0.05) is 161 Å². The van der Waals surface area contributed by atoms with E-state index in [1.165, 1.54) is 24.3 Å². The maximum atomic E-state index is 12.7. The second-order valence-corrected chi connectivity index (χ2v) is 40.6. The molecule has 0 aromatic heterocycles. The first-order valence-corrected chi connectivity index (χ1v) is 42.3. The van der Waals surface area contributed by atoms with Crippen LogP contribution in [0.1, 0.15) is 146 Å². The lowest BCUT2D eigenvalue weighted by Crippen LogP contribution is -2.30. The number of fused-ring (bicyclic) bond motifs is 8. The van der Waals surface area contributed by atoms with Gasteiger partial charge in [0.05, 0.1) is 52.9 Å². The Balaban J connectivity index is 1.09. The molecule has 0 atom stereocenters. The third-order valence-corrected chi connectivity index (χ3v) is 26.5.